The Morgan fingerprint density at radius 2 is 1.60 bits per heavy atom. The van der Waals surface area contributed by atoms with Gasteiger partial charge in [-0.05, 0) is 52.1 Å². The van der Waals surface area contributed by atoms with Crippen LogP contribution < -0.4 is 16.2 Å². The van der Waals surface area contributed by atoms with Crippen LogP contribution >= 0.6 is 11.6 Å². The molecule has 2 amide bonds. The number of carbonyl (C=O) groups is 2. The van der Waals surface area contributed by atoms with E-state index in [1.54, 1.807) is 4.90 Å². The summed E-state index contributed by atoms with van der Waals surface area (Å²) in [6.45, 7) is 1.25. The fraction of sp³-hybridized carbons (Fsp3) is 0.121. The van der Waals surface area contributed by atoms with Crippen LogP contribution in [-0.4, -0.2) is 47.7 Å². The van der Waals surface area contributed by atoms with Crippen LogP contribution in [0.4, 0.5) is 0 Å². The van der Waals surface area contributed by atoms with Gasteiger partial charge in [0.2, 0.25) is 5.91 Å². The minimum Gasteiger partial charge on any atom is -0.506 e. The first-order valence-electron chi connectivity index (χ1n) is 13.2. The van der Waals surface area contributed by atoms with E-state index >= 15 is 0 Å². The molecule has 42 heavy (non-hydrogen) atoms. The zero-order valence-corrected chi connectivity index (χ0v) is 23.6. The molecule has 5 aromatic rings. The summed E-state index contributed by atoms with van der Waals surface area (Å²) >= 11 is 5.50. The van der Waals surface area contributed by atoms with E-state index in [-0.39, 0.29) is 28.8 Å². The number of aromatic hydroxyl groups is 1. The zero-order chi connectivity index (χ0) is 30.1. The third-order valence-electron chi connectivity index (χ3n) is 6.65. The highest BCUT2D eigenvalue weighted by molar-refractivity contribution is 6.32. The predicted octanol–water partition coefficient (Wildman–Crippen LogP) is 5.50. The molecule has 0 radical (unpaired) electrons. The van der Waals surface area contributed by atoms with Gasteiger partial charge in [-0.2, -0.15) is 0 Å². The van der Waals surface area contributed by atoms with Crippen molar-refractivity contribution in [3.8, 4) is 11.5 Å². The molecule has 0 spiro atoms. The maximum atomic E-state index is 13.0. The highest BCUT2D eigenvalue weighted by atomic mass is 35.5. The summed E-state index contributed by atoms with van der Waals surface area (Å²) in [5, 5.41) is 20.8. The van der Waals surface area contributed by atoms with E-state index in [0.29, 0.717) is 25.4 Å². The predicted molar refractivity (Wildman–Crippen MR) is 167 cm³/mol. The largest absolute Gasteiger partial charge is 0.506 e. The molecule has 0 fully saturated rings. The van der Waals surface area contributed by atoms with Crippen LogP contribution in [0.5, 0.6) is 11.5 Å². The summed E-state index contributed by atoms with van der Waals surface area (Å²) in [5.41, 5.74) is 12.9. The molecule has 0 aliphatic heterocycles. The normalized spacial score (nSPS) is 10.5. The molecule has 5 rings (SSSR count). The molecule has 9 heteroatoms. The van der Waals surface area contributed by atoms with Crippen LogP contribution in [-0.2, 0) is 11.3 Å². The molecule has 0 atom stereocenters. The van der Waals surface area contributed by atoms with E-state index in [9.17, 15) is 9.59 Å². The Bertz CT molecular complexity index is 1740. The second-order valence-corrected chi connectivity index (χ2v) is 9.81. The number of benzene rings is 5. The number of ether oxygens (including phenoxy) is 1. The summed E-state index contributed by atoms with van der Waals surface area (Å²) < 4.78 is 5.93. The maximum Gasteiger partial charge on any atom is 0.260 e. The molecular formula is C33H31ClN4O4. The van der Waals surface area contributed by atoms with Gasteiger partial charge in [0.05, 0.1) is 5.02 Å². The van der Waals surface area contributed by atoms with Gasteiger partial charge in [0, 0.05) is 42.4 Å². The number of nitrogens with one attached hydrogen (secondary N) is 1. The van der Waals surface area contributed by atoms with Crippen LogP contribution in [0.2, 0.25) is 5.02 Å². The first-order chi connectivity index (χ1) is 20.3. The Balaban J connectivity index is 0.000000310. The summed E-state index contributed by atoms with van der Waals surface area (Å²) in [6, 6.07) is 29.7. The van der Waals surface area contributed by atoms with Crippen molar-refractivity contribution in [2.45, 2.75) is 6.54 Å². The van der Waals surface area contributed by atoms with Gasteiger partial charge >= 0.3 is 0 Å². The number of nitrogens with zero attached hydrogens (tertiary/aromatic N) is 1. The highest BCUT2D eigenvalue weighted by Crippen LogP contribution is 2.28. The number of carbonyl (C=O) groups excluding carboxylic acids is 2. The standard InChI is InChI=1S/C26H25N3O2.C7H6ClNO2/c27-14-15-29(17-21-8-5-7-19-6-1-2-9-22(19)21)26(30)18-31-25-13-12-20(16-28)23-10-3-4-11-24(23)25;8-5-3-4(7(9)11)1-2-6(5)10/h1-13,16,28H,14-15,17-18,27H2;1-3,10H,(H2,9,11). The van der Waals surface area contributed by atoms with Crippen LogP contribution in [0.15, 0.2) is 97.1 Å². The lowest BCUT2D eigenvalue weighted by molar-refractivity contribution is -0.133. The van der Waals surface area contributed by atoms with Crippen LogP contribution in [0, 0.1) is 5.41 Å². The maximum absolute atomic E-state index is 13.0. The minimum absolute atomic E-state index is 0.0586. The number of hydrogen-bond donors (Lipinski definition) is 4. The summed E-state index contributed by atoms with van der Waals surface area (Å²) in [4.78, 5) is 25.3. The van der Waals surface area contributed by atoms with Crippen LogP contribution in [0.25, 0.3) is 21.5 Å². The molecule has 0 unspecified atom stereocenters. The van der Waals surface area contributed by atoms with Gasteiger partial charge in [-0.3, -0.25) is 9.59 Å². The topological polar surface area (TPSA) is 143 Å². The second-order valence-electron chi connectivity index (χ2n) is 9.40. The third kappa shape index (κ3) is 7.23. The first kappa shape index (κ1) is 30.0. The Labute approximate surface area is 248 Å². The van der Waals surface area contributed by atoms with E-state index in [1.165, 1.54) is 24.4 Å². The number of phenols is 1. The number of rotatable bonds is 9. The van der Waals surface area contributed by atoms with Crippen molar-refractivity contribution in [2.24, 2.45) is 11.5 Å². The molecule has 0 saturated carbocycles. The molecule has 0 saturated heterocycles. The number of amides is 2. The molecule has 5 aromatic carbocycles. The van der Waals surface area contributed by atoms with E-state index in [0.717, 1.165) is 32.7 Å². The number of primary amides is 1. The van der Waals surface area contributed by atoms with Crippen molar-refractivity contribution in [2.75, 3.05) is 19.7 Å². The van der Waals surface area contributed by atoms with E-state index in [2.05, 4.69) is 18.2 Å². The smallest absolute Gasteiger partial charge is 0.260 e. The quantitative estimate of drug-likeness (QED) is 0.170. The van der Waals surface area contributed by atoms with Gasteiger partial charge < -0.3 is 31.6 Å². The lowest BCUT2D eigenvalue weighted by atomic mass is 10.0. The van der Waals surface area contributed by atoms with Gasteiger partial charge in [0.25, 0.3) is 5.91 Å². The molecule has 0 heterocycles. The Hall–Kier alpha value is -4.92. The Kier molecular flexibility index (Phi) is 10.1. The second kappa shape index (κ2) is 14.1. The molecule has 0 aliphatic rings. The van der Waals surface area contributed by atoms with Gasteiger partial charge in [-0.15, -0.1) is 0 Å². The SMILES string of the molecule is N=Cc1ccc(OCC(=O)N(CCN)Cc2cccc3ccccc23)c2ccccc12.NC(=O)c1ccc(O)c(Cl)c1. The van der Waals surface area contributed by atoms with Crippen molar-refractivity contribution >= 4 is 51.2 Å². The van der Waals surface area contributed by atoms with Crippen molar-refractivity contribution in [3.63, 3.8) is 0 Å². The summed E-state index contributed by atoms with van der Waals surface area (Å²) in [5.74, 6) is -0.102. The Morgan fingerprint density at radius 3 is 2.29 bits per heavy atom. The number of phenolic OH excluding ortho intramolecular Hbond substituents is 1. The third-order valence-corrected chi connectivity index (χ3v) is 6.95. The number of hydrogen-bond acceptors (Lipinski definition) is 6. The summed E-state index contributed by atoms with van der Waals surface area (Å²) in [7, 11) is 0. The molecule has 0 bridgehead atoms. The summed E-state index contributed by atoms with van der Waals surface area (Å²) in [6.07, 6.45) is 1.32. The van der Waals surface area contributed by atoms with E-state index in [1.807, 2.05) is 60.7 Å². The van der Waals surface area contributed by atoms with Gasteiger partial charge in [-0.25, -0.2) is 0 Å². The van der Waals surface area contributed by atoms with Crippen molar-refractivity contribution < 1.29 is 19.4 Å². The lowest BCUT2D eigenvalue weighted by Crippen LogP contribution is -2.38. The first-order valence-corrected chi connectivity index (χ1v) is 13.6. The van der Waals surface area contributed by atoms with Crippen LogP contribution in [0.1, 0.15) is 21.5 Å². The van der Waals surface area contributed by atoms with Gasteiger partial charge in [-0.1, -0.05) is 78.3 Å². The molecular weight excluding hydrogens is 552 g/mol. The number of fused-ring (bicyclic) bond motifs is 2. The van der Waals surface area contributed by atoms with E-state index < -0.39 is 5.91 Å². The van der Waals surface area contributed by atoms with Gasteiger partial charge in [0.1, 0.15) is 11.5 Å². The molecule has 0 aromatic heterocycles. The molecule has 8 nitrogen and oxygen atoms in total. The molecule has 0 aliphatic carbocycles. The fourth-order valence-electron chi connectivity index (χ4n) is 4.52. The monoisotopic (exact) mass is 582 g/mol. The Morgan fingerprint density at radius 1 is 0.905 bits per heavy atom. The fourth-order valence-corrected chi connectivity index (χ4v) is 4.70. The minimum atomic E-state index is -0.563. The van der Waals surface area contributed by atoms with Crippen molar-refractivity contribution in [1.29, 1.82) is 5.41 Å². The average molecular weight is 583 g/mol. The number of nitrogens with two attached hydrogens (primary N) is 2. The average Bonchev–Trinajstić information content (AvgIpc) is 3.01. The molecule has 6 N–H and O–H groups in total. The van der Waals surface area contributed by atoms with Crippen LogP contribution in [0.3, 0.4) is 0 Å². The van der Waals surface area contributed by atoms with Gasteiger partial charge in [0.15, 0.2) is 6.61 Å². The molecule has 214 valence electrons. The lowest BCUT2D eigenvalue weighted by Gasteiger charge is -2.23. The number of halogens is 1. The zero-order valence-electron chi connectivity index (χ0n) is 22.8. The van der Waals surface area contributed by atoms with E-state index in [4.69, 9.17) is 38.3 Å². The van der Waals surface area contributed by atoms with Crippen molar-refractivity contribution in [1.82, 2.24) is 4.90 Å². The van der Waals surface area contributed by atoms with Crippen molar-refractivity contribution in [3.05, 3.63) is 119 Å². The highest BCUT2D eigenvalue weighted by Gasteiger charge is 2.16.